The number of aliphatic hydroxyl groups is 2. The van der Waals surface area contributed by atoms with Crippen molar-refractivity contribution >= 4 is 17.9 Å². The summed E-state index contributed by atoms with van der Waals surface area (Å²) in [5, 5.41) is 24.3. The van der Waals surface area contributed by atoms with E-state index in [-0.39, 0.29) is 36.8 Å². The predicted octanol–water partition coefficient (Wildman–Crippen LogP) is 2.44. The van der Waals surface area contributed by atoms with Gasteiger partial charge in [0.05, 0.1) is 23.7 Å². The Hall–Kier alpha value is -1.93. The topological polar surface area (TPSA) is 119 Å². The van der Waals surface area contributed by atoms with E-state index in [0.29, 0.717) is 44.9 Å². The van der Waals surface area contributed by atoms with E-state index < -0.39 is 40.1 Å². The van der Waals surface area contributed by atoms with Crippen molar-refractivity contribution in [3.8, 4) is 0 Å². The molecule has 0 aromatic carbocycles. The molecule has 4 aliphatic carbocycles. The third kappa shape index (κ3) is 3.00. The number of carbonyl (C=O) groups is 3. The highest BCUT2D eigenvalue weighted by Gasteiger charge is 2.74. The van der Waals surface area contributed by atoms with Gasteiger partial charge in [0.15, 0.2) is 0 Å². The van der Waals surface area contributed by atoms with Crippen LogP contribution in [0.4, 0.5) is 0 Å². The first kappa shape index (κ1) is 23.8. The molecule has 34 heavy (non-hydrogen) atoms. The fraction of sp³-hybridized carbons (Fsp3) is 0.808. The van der Waals surface area contributed by atoms with Crippen LogP contribution in [0.5, 0.6) is 0 Å². The number of esters is 3. The third-order valence-electron chi connectivity index (χ3n) is 10.4. The third-order valence-corrected chi connectivity index (χ3v) is 10.4. The van der Waals surface area contributed by atoms with E-state index in [4.69, 9.17) is 14.2 Å². The van der Waals surface area contributed by atoms with E-state index >= 15 is 0 Å². The maximum Gasteiger partial charge on any atom is 0.331 e. The maximum absolute atomic E-state index is 13.5. The van der Waals surface area contributed by atoms with Gasteiger partial charge in [0.1, 0.15) is 12.7 Å². The second kappa shape index (κ2) is 7.79. The number of ether oxygens (including phenoxy) is 3. The van der Waals surface area contributed by atoms with E-state index in [1.54, 1.807) is 6.08 Å². The van der Waals surface area contributed by atoms with Gasteiger partial charge in [-0.05, 0) is 74.7 Å². The highest BCUT2D eigenvalue weighted by molar-refractivity contribution is 5.85. The van der Waals surface area contributed by atoms with E-state index in [2.05, 4.69) is 6.92 Å². The van der Waals surface area contributed by atoms with Gasteiger partial charge in [-0.2, -0.15) is 0 Å². The normalized spacial score (nSPS) is 47.6. The molecule has 4 fully saturated rings. The lowest BCUT2D eigenvalue weighted by molar-refractivity contribution is -0.262. The second-order valence-corrected chi connectivity index (χ2v) is 11.5. The van der Waals surface area contributed by atoms with Crippen molar-refractivity contribution in [1.82, 2.24) is 0 Å². The summed E-state index contributed by atoms with van der Waals surface area (Å²) < 4.78 is 15.9. The van der Waals surface area contributed by atoms with Crippen LogP contribution in [-0.2, 0) is 28.6 Å². The van der Waals surface area contributed by atoms with Crippen molar-refractivity contribution in [2.24, 2.45) is 28.6 Å². The van der Waals surface area contributed by atoms with Gasteiger partial charge in [0.2, 0.25) is 0 Å². The molecule has 5 aliphatic rings. The van der Waals surface area contributed by atoms with Gasteiger partial charge in [0, 0.05) is 24.8 Å². The molecular weight excluding hydrogens is 440 g/mol. The molecule has 2 N–H and O–H groups in total. The quantitative estimate of drug-likeness (QED) is 0.471. The first-order chi connectivity index (χ1) is 16.0. The molecular formula is C26H36O8. The molecule has 0 aromatic rings. The molecule has 0 bridgehead atoms. The first-order valence-corrected chi connectivity index (χ1v) is 12.6. The number of hydrogen-bond donors (Lipinski definition) is 2. The number of rotatable bonds is 3. The smallest absolute Gasteiger partial charge is 0.331 e. The number of cyclic esters (lactones) is 1. The van der Waals surface area contributed by atoms with E-state index in [1.165, 1.54) is 14.0 Å². The molecule has 0 saturated heterocycles. The van der Waals surface area contributed by atoms with Crippen molar-refractivity contribution in [3.63, 3.8) is 0 Å². The molecule has 1 heterocycles. The molecule has 8 atom stereocenters. The lowest BCUT2D eigenvalue weighted by Crippen LogP contribution is -2.70. The molecule has 8 nitrogen and oxygen atoms in total. The summed E-state index contributed by atoms with van der Waals surface area (Å²) in [5.41, 5.74) is -2.98. The van der Waals surface area contributed by atoms with Crippen LogP contribution in [-0.4, -0.2) is 59.1 Å². The Morgan fingerprint density at radius 1 is 1.06 bits per heavy atom. The minimum absolute atomic E-state index is 0.0551. The van der Waals surface area contributed by atoms with Gasteiger partial charge in [-0.3, -0.25) is 9.59 Å². The van der Waals surface area contributed by atoms with Crippen LogP contribution in [0, 0.1) is 28.6 Å². The van der Waals surface area contributed by atoms with Crippen LogP contribution in [0.1, 0.15) is 71.6 Å². The van der Waals surface area contributed by atoms with Crippen LogP contribution in [0.2, 0.25) is 0 Å². The Balaban J connectivity index is 1.51. The largest absolute Gasteiger partial charge is 0.468 e. The molecule has 1 aliphatic heterocycles. The molecule has 8 heteroatoms. The number of fused-ring (bicyclic) bond motifs is 5. The highest BCUT2D eigenvalue weighted by Crippen LogP contribution is 2.71. The van der Waals surface area contributed by atoms with Crippen LogP contribution in [0.3, 0.4) is 0 Å². The first-order valence-electron chi connectivity index (χ1n) is 12.6. The van der Waals surface area contributed by atoms with E-state index in [1.807, 2.05) is 0 Å². The predicted molar refractivity (Wildman–Crippen MR) is 119 cm³/mol. The van der Waals surface area contributed by atoms with Gasteiger partial charge < -0.3 is 24.4 Å². The highest BCUT2D eigenvalue weighted by atomic mass is 16.5. The molecule has 0 radical (unpaired) electrons. The Bertz CT molecular complexity index is 943. The molecule has 0 spiro atoms. The molecule has 188 valence electrons. The SMILES string of the molecule is COC(=O)[C@]12CC[C@H](OC(C)=O)C[C@@]1(O)CC[C@@H]1[C@@H]2CC[C@]2(C)[C@@H](C3=CC(=O)OC3)CC[C@]12O. The van der Waals surface area contributed by atoms with Crippen molar-refractivity contribution in [3.05, 3.63) is 11.6 Å². The van der Waals surface area contributed by atoms with Gasteiger partial charge in [-0.15, -0.1) is 0 Å². The molecule has 0 amide bonds. The van der Waals surface area contributed by atoms with Crippen LogP contribution < -0.4 is 0 Å². The van der Waals surface area contributed by atoms with E-state index in [0.717, 1.165) is 12.0 Å². The summed E-state index contributed by atoms with van der Waals surface area (Å²) in [4.78, 5) is 36.8. The van der Waals surface area contributed by atoms with Gasteiger partial charge in [-0.1, -0.05) is 6.92 Å². The lowest BCUT2D eigenvalue weighted by atomic mass is 9.41. The van der Waals surface area contributed by atoms with Crippen molar-refractivity contribution in [2.75, 3.05) is 13.7 Å². The lowest BCUT2D eigenvalue weighted by Gasteiger charge is -2.65. The maximum atomic E-state index is 13.5. The Morgan fingerprint density at radius 3 is 2.44 bits per heavy atom. The fourth-order valence-corrected chi connectivity index (χ4v) is 8.97. The number of hydrogen-bond acceptors (Lipinski definition) is 8. The number of methoxy groups -OCH3 is 1. The summed E-state index contributed by atoms with van der Waals surface area (Å²) in [7, 11) is 1.36. The molecule has 0 aromatic heterocycles. The average molecular weight is 477 g/mol. The molecule has 0 unspecified atom stereocenters. The summed E-state index contributed by atoms with van der Waals surface area (Å²) >= 11 is 0. The average Bonchev–Trinajstić information content (AvgIpc) is 3.32. The van der Waals surface area contributed by atoms with Gasteiger partial charge in [-0.25, -0.2) is 4.79 Å². The summed E-state index contributed by atoms with van der Waals surface area (Å²) in [6.07, 6.45) is 5.83. The minimum Gasteiger partial charge on any atom is -0.468 e. The zero-order valence-electron chi connectivity index (χ0n) is 20.3. The Kier molecular flexibility index (Phi) is 5.45. The van der Waals surface area contributed by atoms with Crippen LogP contribution in [0.25, 0.3) is 0 Å². The Morgan fingerprint density at radius 2 is 1.79 bits per heavy atom. The summed E-state index contributed by atoms with van der Waals surface area (Å²) in [6.45, 7) is 3.76. The Labute approximate surface area is 200 Å². The number of carbonyl (C=O) groups excluding carboxylic acids is 3. The fourth-order valence-electron chi connectivity index (χ4n) is 8.97. The zero-order chi connectivity index (χ0) is 24.5. The van der Waals surface area contributed by atoms with Crippen LogP contribution in [0.15, 0.2) is 11.6 Å². The standard InChI is InChI=1S/C26H36O8/c1-15(27)34-17-4-10-25(22(29)32-3)19-5-8-23(2)18(16-12-21(28)33-14-16)7-11-26(23,31)20(19)6-9-24(25,30)13-17/h12,17-20,30-31H,4-11,13-14H2,1-3H3/t17-,18+,19-,20+,23+,24-,25+,26-/m0/s1. The van der Waals surface area contributed by atoms with Crippen molar-refractivity contribution in [1.29, 1.82) is 0 Å². The van der Waals surface area contributed by atoms with Gasteiger partial charge >= 0.3 is 17.9 Å². The molecule has 5 rings (SSSR count). The summed E-state index contributed by atoms with van der Waals surface area (Å²) in [6, 6.07) is 0. The summed E-state index contributed by atoms with van der Waals surface area (Å²) in [5.74, 6) is -1.48. The second-order valence-electron chi connectivity index (χ2n) is 11.5. The minimum atomic E-state index is -1.35. The van der Waals surface area contributed by atoms with Crippen molar-refractivity contribution in [2.45, 2.75) is 88.9 Å². The van der Waals surface area contributed by atoms with Crippen molar-refractivity contribution < 1.29 is 38.8 Å². The zero-order valence-corrected chi connectivity index (χ0v) is 20.3. The van der Waals surface area contributed by atoms with Gasteiger partial charge in [0.25, 0.3) is 0 Å². The van der Waals surface area contributed by atoms with Crippen LogP contribution >= 0.6 is 0 Å². The monoisotopic (exact) mass is 476 g/mol. The van der Waals surface area contributed by atoms with E-state index in [9.17, 15) is 24.6 Å². The molecule has 4 saturated carbocycles.